The average molecular weight is 259 g/mol. The predicted octanol–water partition coefficient (Wildman–Crippen LogP) is 3.68. The minimum absolute atomic E-state index is 0.656. The van der Waals surface area contributed by atoms with Crippen LogP contribution in [0.25, 0.3) is 0 Å². The molecule has 1 atom stereocenters. The quantitative estimate of drug-likeness (QED) is 0.459. The van der Waals surface area contributed by atoms with Gasteiger partial charge < -0.3 is 0 Å². The van der Waals surface area contributed by atoms with Crippen LogP contribution in [-0.4, -0.2) is 18.4 Å². The third-order valence-electron chi connectivity index (χ3n) is 3.94. The van der Waals surface area contributed by atoms with Crippen LogP contribution in [0, 0.1) is 5.92 Å². The molecule has 0 N–H and O–H groups in total. The zero-order valence-electron chi connectivity index (χ0n) is 8.44. The van der Waals surface area contributed by atoms with Crippen molar-refractivity contribution in [2.45, 2.75) is 38.5 Å². The van der Waals surface area contributed by atoms with Crippen LogP contribution in [0.4, 0.5) is 0 Å². The predicted molar refractivity (Wildman–Crippen MR) is 54.6 cm³/mol. The van der Waals surface area contributed by atoms with Gasteiger partial charge in [-0.15, -0.1) is 0 Å². The Morgan fingerprint density at radius 3 is 2.27 bits per heavy atom. The summed E-state index contributed by atoms with van der Waals surface area (Å²) in [6.45, 7) is 7.31. The van der Waals surface area contributed by atoms with Gasteiger partial charge in [-0.2, -0.15) is 0 Å². The monoisotopic (exact) mass is 260 g/mol. The van der Waals surface area contributed by atoms with Gasteiger partial charge in [0.15, 0.2) is 0 Å². The Morgan fingerprint density at radius 1 is 1.36 bits per heavy atom. The van der Waals surface area contributed by atoms with Crippen LogP contribution in [0.5, 0.6) is 0 Å². The summed E-state index contributed by atoms with van der Waals surface area (Å²) in [5.74, 6) is 0.807. The minimum atomic E-state index is -1.70. The van der Waals surface area contributed by atoms with Crippen molar-refractivity contribution >= 4 is 18.4 Å². The molecule has 0 saturated heterocycles. The van der Waals surface area contributed by atoms with Gasteiger partial charge in [-0.3, -0.25) is 0 Å². The van der Waals surface area contributed by atoms with Crippen molar-refractivity contribution in [3.63, 3.8) is 0 Å². The molecule has 0 amide bonds. The molecule has 0 saturated carbocycles. The van der Waals surface area contributed by atoms with Gasteiger partial charge in [0.05, 0.1) is 0 Å². The molecule has 1 heteroatoms. The standard InChI is InChI=1S/C8H14.2CH3.Sn/c1-5-6-8(4)7(2)3;;;/h5-6,8H,1H2,2-4H3;2*1H3;. The van der Waals surface area contributed by atoms with Crippen molar-refractivity contribution in [1.82, 2.24) is 0 Å². The van der Waals surface area contributed by atoms with E-state index >= 15 is 0 Å². The van der Waals surface area contributed by atoms with Crippen LogP contribution < -0.4 is 0 Å². The summed E-state index contributed by atoms with van der Waals surface area (Å²) >= 11 is -1.70. The van der Waals surface area contributed by atoms with E-state index in [0.29, 0.717) is 3.43 Å². The van der Waals surface area contributed by atoms with E-state index in [1.165, 1.54) is 4.44 Å². The van der Waals surface area contributed by atoms with Crippen LogP contribution in [0.3, 0.4) is 0 Å². The normalized spacial score (nSPS) is 33.7. The van der Waals surface area contributed by atoms with E-state index in [2.05, 4.69) is 42.8 Å². The molecule has 1 aliphatic heterocycles. The van der Waals surface area contributed by atoms with E-state index in [0.717, 1.165) is 5.92 Å². The van der Waals surface area contributed by atoms with Crippen LogP contribution in [0.2, 0.25) is 17.7 Å². The van der Waals surface area contributed by atoms with Gasteiger partial charge in [0.1, 0.15) is 0 Å². The maximum atomic E-state index is 2.58. The molecule has 0 aliphatic carbocycles. The summed E-state index contributed by atoms with van der Waals surface area (Å²) in [7, 11) is 0. The number of hydrogen-bond donors (Lipinski definition) is 0. The van der Waals surface area contributed by atoms with Gasteiger partial charge >= 0.3 is 75.0 Å². The molecule has 1 rings (SSSR count). The summed E-state index contributed by atoms with van der Waals surface area (Å²) in [6.07, 6.45) is 4.83. The van der Waals surface area contributed by atoms with Crippen molar-refractivity contribution in [3.8, 4) is 0 Å². The summed E-state index contributed by atoms with van der Waals surface area (Å²) in [5.41, 5.74) is 0. The molecule has 64 valence electrons. The van der Waals surface area contributed by atoms with E-state index in [-0.39, 0.29) is 0 Å². The molecular formula is C10H20Sn. The number of hydrogen-bond acceptors (Lipinski definition) is 0. The molecule has 0 radical (unpaired) electrons. The van der Waals surface area contributed by atoms with Crippen LogP contribution in [-0.2, 0) is 0 Å². The molecular weight excluding hydrogens is 239 g/mol. The Labute approximate surface area is 74.9 Å². The van der Waals surface area contributed by atoms with Gasteiger partial charge in [-0.1, -0.05) is 0 Å². The van der Waals surface area contributed by atoms with Crippen molar-refractivity contribution < 1.29 is 0 Å². The summed E-state index contributed by atoms with van der Waals surface area (Å²) in [6, 6.07) is 0. The zero-order chi connectivity index (χ0) is 8.70. The maximum absolute atomic E-state index is 2.58. The molecule has 0 aromatic heterocycles. The molecule has 11 heavy (non-hydrogen) atoms. The average Bonchev–Trinajstić information content (AvgIpc) is 1.84. The van der Waals surface area contributed by atoms with E-state index in [1.807, 2.05) is 0 Å². The molecule has 1 heterocycles. The van der Waals surface area contributed by atoms with Gasteiger partial charge in [-0.25, -0.2) is 0 Å². The van der Waals surface area contributed by atoms with Gasteiger partial charge in [0, 0.05) is 0 Å². The van der Waals surface area contributed by atoms with Crippen molar-refractivity contribution in [1.29, 1.82) is 0 Å². The molecule has 0 aromatic rings. The van der Waals surface area contributed by atoms with Gasteiger partial charge in [-0.05, 0) is 0 Å². The third kappa shape index (κ3) is 1.51. The number of allylic oxidation sites excluding steroid dienone is 2. The van der Waals surface area contributed by atoms with E-state index < -0.39 is 18.4 Å². The van der Waals surface area contributed by atoms with Crippen LogP contribution >= 0.6 is 0 Å². The second-order valence-corrected chi connectivity index (χ2v) is 20.6. The van der Waals surface area contributed by atoms with E-state index in [4.69, 9.17) is 0 Å². The first-order chi connectivity index (χ1) is 4.88. The summed E-state index contributed by atoms with van der Waals surface area (Å²) in [4.78, 5) is 5.16. The third-order valence-corrected chi connectivity index (χ3v) is 18.8. The van der Waals surface area contributed by atoms with E-state index in [9.17, 15) is 0 Å². The first-order valence-corrected chi connectivity index (χ1v) is 13.7. The Bertz CT molecular complexity index is 177. The number of rotatable bonds is 0. The zero-order valence-corrected chi connectivity index (χ0v) is 11.3. The Balaban J connectivity index is 2.96. The molecule has 1 aliphatic rings. The van der Waals surface area contributed by atoms with Crippen molar-refractivity contribution in [2.24, 2.45) is 5.92 Å². The fraction of sp³-hybridized carbons (Fsp3) is 0.800. The SMILES string of the molecule is CC1C=C[CH2][Sn]([CH3])([CH3])[C]1(C)C. The van der Waals surface area contributed by atoms with Crippen molar-refractivity contribution in [2.75, 3.05) is 0 Å². The molecule has 0 aromatic carbocycles. The second kappa shape index (κ2) is 2.79. The van der Waals surface area contributed by atoms with Gasteiger partial charge in [0.25, 0.3) is 0 Å². The topological polar surface area (TPSA) is 0 Å². The van der Waals surface area contributed by atoms with Gasteiger partial charge in [0.2, 0.25) is 0 Å². The van der Waals surface area contributed by atoms with Crippen LogP contribution in [0.15, 0.2) is 12.2 Å². The first-order valence-electron chi connectivity index (χ1n) is 4.54. The van der Waals surface area contributed by atoms with Crippen LogP contribution in [0.1, 0.15) is 20.8 Å². The second-order valence-electron chi connectivity index (χ2n) is 5.03. The first kappa shape index (κ1) is 9.63. The summed E-state index contributed by atoms with van der Waals surface area (Å²) in [5, 5.41) is 0. The Morgan fingerprint density at radius 2 is 1.91 bits per heavy atom. The molecule has 0 spiro atoms. The Hall–Kier alpha value is 0.539. The molecule has 0 bridgehead atoms. The summed E-state index contributed by atoms with van der Waals surface area (Å²) < 4.78 is 2.09. The molecule has 0 fully saturated rings. The van der Waals surface area contributed by atoms with Crippen molar-refractivity contribution in [3.05, 3.63) is 12.2 Å². The fourth-order valence-electron chi connectivity index (χ4n) is 1.69. The van der Waals surface area contributed by atoms with E-state index in [1.54, 1.807) is 0 Å². The molecule has 0 nitrogen and oxygen atoms in total. The Kier molecular flexibility index (Phi) is 2.44. The fourth-order valence-corrected chi connectivity index (χ4v) is 9.05. The molecule has 1 unspecified atom stereocenters.